The molecular weight excluding hydrogens is 336 g/mol. The van der Waals surface area contributed by atoms with Gasteiger partial charge in [-0.25, -0.2) is 0 Å². The van der Waals surface area contributed by atoms with E-state index in [1.165, 1.54) is 19.3 Å². The molecule has 1 saturated carbocycles. The molecule has 1 fully saturated rings. The summed E-state index contributed by atoms with van der Waals surface area (Å²) in [5.41, 5.74) is 6.45. The fourth-order valence-corrected chi connectivity index (χ4v) is 4.04. The molecule has 2 rings (SSSR count). The number of carbonyl (C=O) groups is 1. The highest BCUT2D eigenvalue weighted by Crippen LogP contribution is 2.29. The second kappa shape index (κ2) is 7.93. The summed E-state index contributed by atoms with van der Waals surface area (Å²) in [6.45, 7) is 0. The molecule has 0 aliphatic heterocycles. The average molecular weight is 357 g/mol. The van der Waals surface area contributed by atoms with Gasteiger partial charge in [0.1, 0.15) is 0 Å². The third kappa shape index (κ3) is 5.02. The third-order valence-electron chi connectivity index (χ3n) is 3.51. The number of halogens is 1. The van der Waals surface area contributed by atoms with E-state index in [4.69, 9.17) is 5.73 Å². The van der Waals surface area contributed by atoms with Gasteiger partial charge in [0, 0.05) is 33.3 Å². The van der Waals surface area contributed by atoms with Crippen molar-refractivity contribution in [2.75, 3.05) is 11.5 Å². The molecule has 3 nitrogen and oxygen atoms in total. The van der Waals surface area contributed by atoms with E-state index >= 15 is 0 Å². The Morgan fingerprint density at radius 1 is 1.35 bits per heavy atom. The van der Waals surface area contributed by atoms with E-state index in [1.54, 1.807) is 11.8 Å². The predicted molar refractivity (Wildman–Crippen MR) is 88.9 cm³/mol. The predicted octanol–water partition coefficient (Wildman–Crippen LogP) is 3.96. The summed E-state index contributed by atoms with van der Waals surface area (Å²) >= 11 is 5.18. The first kappa shape index (κ1) is 15.7. The molecule has 0 unspecified atom stereocenters. The summed E-state index contributed by atoms with van der Waals surface area (Å²) < 4.78 is 0.996. The maximum Gasteiger partial charge on any atom is 0.221 e. The highest BCUT2D eigenvalue weighted by Gasteiger charge is 2.15. The summed E-state index contributed by atoms with van der Waals surface area (Å²) in [5, 5.41) is 3.14. The van der Waals surface area contributed by atoms with Gasteiger partial charge in [-0.3, -0.25) is 4.79 Å². The summed E-state index contributed by atoms with van der Waals surface area (Å²) in [6, 6.07) is 6.17. The van der Waals surface area contributed by atoms with Crippen LogP contribution in [0, 0.1) is 0 Å². The van der Waals surface area contributed by atoms with Crippen molar-refractivity contribution in [3.8, 4) is 0 Å². The number of nitrogens with one attached hydrogen (secondary N) is 1. The van der Waals surface area contributed by atoms with Crippen LogP contribution in [0.2, 0.25) is 0 Å². The Kier molecular flexibility index (Phi) is 6.23. The van der Waals surface area contributed by atoms with E-state index in [1.807, 2.05) is 18.2 Å². The molecule has 0 radical (unpaired) electrons. The molecule has 0 atom stereocenters. The second-order valence-electron chi connectivity index (χ2n) is 5.19. The number of benzene rings is 1. The van der Waals surface area contributed by atoms with E-state index in [9.17, 15) is 4.79 Å². The average Bonchev–Trinajstić information content (AvgIpc) is 2.42. The topological polar surface area (TPSA) is 55.1 Å². The van der Waals surface area contributed by atoms with Crippen molar-refractivity contribution >= 4 is 39.3 Å². The Hall–Kier alpha value is -0.680. The normalized spacial score (nSPS) is 16.1. The quantitative estimate of drug-likeness (QED) is 0.619. The van der Waals surface area contributed by atoms with Crippen LogP contribution in [0.5, 0.6) is 0 Å². The Labute approximate surface area is 133 Å². The smallest absolute Gasteiger partial charge is 0.221 e. The minimum atomic E-state index is 0.177. The number of amides is 1. The van der Waals surface area contributed by atoms with Crippen molar-refractivity contribution in [3.05, 3.63) is 22.7 Å². The minimum Gasteiger partial charge on any atom is -0.399 e. The van der Waals surface area contributed by atoms with E-state index in [0.717, 1.165) is 33.7 Å². The molecule has 0 aromatic heterocycles. The lowest BCUT2D eigenvalue weighted by Crippen LogP contribution is -2.36. The van der Waals surface area contributed by atoms with Crippen LogP contribution in [0.3, 0.4) is 0 Å². The first-order chi connectivity index (χ1) is 9.65. The number of carbonyl (C=O) groups excluding carboxylic acids is 1. The molecule has 1 aliphatic carbocycles. The maximum absolute atomic E-state index is 11.9. The van der Waals surface area contributed by atoms with Gasteiger partial charge in [0.05, 0.1) is 0 Å². The van der Waals surface area contributed by atoms with Gasteiger partial charge in [-0.2, -0.15) is 0 Å². The van der Waals surface area contributed by atoms with Crippen molar-refractivity contribution < 1.29 is 4.79 Å². The number of nitrogens with two attached hydrogens (primary N) is 1. The van der Waals surface area contributed by atoms with Gasteiger partial charge < -0.3 is 11.1 Å². The number of rotatable bonds is 5. The van der Waals surface area contributed by atoms with Crippen LogP contribution < -0.4 is 11.1 Å². The van der Waals surface area contributed by atoms with Crippen LogP contribution in [0.1, 0.15) is 38.5 Å². The molecule has 5 heteroatoms. The molecular formula is C15H21BrN2OS. The van der Waals surface area contributed by atoms with Gasteiger partial charge in [-0.15, -0.1) is 11.8 Å². The number of hydrogen-bond acceptors (Lipinski definition) is 3. The van der Waals surface area contributed by atoms with Gasteiger partial charge in [-0.05, 0) is 47.0 Å². The van der Waals surface area contributed by atoms with E-state index < -0.39 is 0 Å². The van der Waals surface area contributed by atoms with E-state index in [2.05, 4.69) is 21.2 Å². The second-order valence-corrected chi connectivity index (χ2v) is 7.18. The largest absolute Gasteiger partial charge is 0.399 e. The van der Waals surface area contributed by atoms with Gasteiger partial charge in [0.2, 0.25) is 5.91 Å². The molecule has 0 bridgehead atoms. The minimum absolute atomic E-state index is 0.177. The molecule has 1 amide bonds. The van der Waals surface area contributed by atoms with Gasteiger partial charge in [-0.1, -0.05) is 19.3 Å². The first-order valence-electron chi connectivity index (χ1n) is 7.12. The van der Waals surface area contributed by atoms with Crippen LogP contribution in [-0.2, 0) is 4.79 Å². The molecule has 0 saturated heterocycles. The fraction of sp³-hybridized carbons (Fsp3) is 0.533. The Balaban J connectivity index is 1.70. The van der Waals surface area contributed by atoms with Crippen LogP contribution in [0.4, 0.5) is 5.69 Å². The van der Waals surface area contributed by atoms with Crippen LogP contribution in [-0.4, -0.2) is 17.7 Å². The summed E-state index contributed by atoms with van der Waals surface area (Å²) in [4.78, 5) is 13.0. The summed E-state index contributed by atoms with van der Waals surface area (Å²) in [7, 11) is 0. The Bertz CT molecular complexity index is 461. The zero-order valence-corrected chi connectivity index (χ0v) is 13.9. The number of hydrogen-bond donors (Lipinski definition) is 2. The highest BCUT2D eigenvalue weighted by molar-refractivity contribution is 9.10. The molecule has 0 heterocycles. The van der Waals surface area contributed by atoms with Crippen molar-refractivity contribution in [2.24, 2.45) is 0 Å². The Morgan fingerprint density at radius 3 is 2.80 bits per heavy atom. The maximum atomic E-state index is 11.9. The molecule has 1 aliphatic rings. The highest BCUT2D eigenvalue weighted by atomic mass is 79.9. The monoisotopic (exact) mass is 356 g/mol. The molecule has 110 valence electrons. The zero-order chi connectivity index (χ0) is 14.4. The lowest BCUT2D eigenvalue weighted by molar-refractivity contribution is -0.121. The first-order valence-corrected chi connectivity index (χ1v) is 8.90. The lowest BCUT2D eigenvalue weighted by atomic mass is 9.95. The van der Waals surface area contributed by atoms with Crippen LogP contribution >= 0.6 is 27.7 Å². The Morgan fingerprint density at radius 2 is 2.10 bits per heavy atom. The molecule has 0 spiro atoms. The summed E-state index contributed by atoms with van der Waals surface area (Å²) in [6.07, 6.45) is 6.66. The fourth-order valence-electron chi connectivity index (χ4n) is 2.43. The summed E-state index contributed by atoms with van der Waals surface area (Å²) in [5.74, 6) is 0.970. The molecule has 1 aromatic carbocycles. The van der Waals surface area contributed by atoms with Crippen LogP contribution in [0.15, 0.2) is 27.6 Å². The lowest BCUT2D eigenvalue weighted by Gasteiger charge is -2.22. The number of nitrogen functional groups attached to an aromatic ring is 1. The van der Waals surface area contributed by atoms with Gasteiger partial charge >= 0.3 is 0 Å². The number of anilines is 1. The van der Waals surface area contributed by atoms with Gasteiger partial charge in [0.15, 0.2) is 0 Å². The molecule has 1 aromatic rings. The van der Waals surface area contributed by atoms with E-state index in [-0.39, 0.29) is 5.91 Å². The van der Waals surface area contributed by atoms with Crippen LogP contribution in [0.25, 0.3) is 0 Å². The van der Waals surface area contributed by atoms with Crippen molar-refractivity contribution in [1.29, 1.82) is 0 Å². The van der Waals surface area contributed by atoms with Crippen molar-refractivity contribution in [3.63, 3.8) is 0 Å². The number of thioether (sulfide) groups is 1. The standard InChI is InChI=1S/C15H21BrN2OS/c16-13-10-11(17)6-7-14(13)20-9-8-15(19)18-12-4-2-1-3-5-12/h6-7,10,12H,1-5,8-9,17H2,(H,18,19). The third-order valence-corrected chi connectivity index (χ3v) is 5.51. The van der Waals surface area contributed by atoms with Gasteiger partial charge in [0.25, 0.3) is 0 Å². The molecule has 3 N–H and O–H groups in total. The van der Waals surface area contributed by atoms with E-state index in [0.29, 0.717) is 12.5 Å². The zero-order valence-electron chi connectivity index (χ0n) is 11.5. The SMILES string of the molecule is Nc1ccc(SCCC(=O)NC2CCCCC2)c(Br)c1. The molecule has 20 heavy (non-hydrogen) atoms. The van der Waals surface area contributed by atoms with Crippen molar-refractivity contribution in [1.82, 2.24) is 5.32 Å². The van der Waals surface area contributed by atoms with Crippen molar-refractivity contribution in [2.45, 2.75) is 49.5 Å².